The number of rotatable bonds is 5. The summed E-state index contributed by atoms with van der Waals surface area (Å²) < 4.78 is 44.8. The molecule has 2 rings (SSSR count). The molecule has 23 heavy (non-hydrogen) atoms. The Morgan fingerprint density at radius 2 is 1.87 bits per heavy atom. The highest BCUT2D eigenvalue weighted by Crippen LogP contribution is 2.22. The molecular formula is C14H15F3N2O4. The first kappa shape index (κ1) is 17.1. The van der Waals surface area contributed by atoms with E-state index in [4.69, 9.17) is 4.74 Å². The number of hydrogen-bond donors (Lipinski definition) is 1. The van der Waals surface area contributed by atoms with E-state index in [1.165, 1.54) is 17.0 Å². The summed E-state index contributed by atoms with van der Waals surface area (Å²) in [5.41, 5.74) is 0.179. The van der Waals surface area contributed by atoms with Crippen molar-refractivity contribution in [1.29, 1.82) is 0 Å². The van der Waals surface area contributed by atoms with Crippen molar-refractivity contribution in [3.05, 3.63) is 29.8 Å². The normalized spacial score (nSPS) is 15.0. The number of nitrogens with zero attached hydrogens (tertiary/aromatic N) is 1. The second kappa shape index (κ2) is 6.86. The minimum atomic E-state index is -4.78. The Bertz CT molecular complexity index is 568. The number of methoxy groups -OCH3 is 1. The molecule has 126 valence electrons. The van der Waals surface area contributed by atoms with Gasteiger partial charge in [0, 0.05) is 12.7 Å². The van der Waals surface area contributed by atoms with E-state index in [0.29, 0.717) is 13.1 Å². The Hall–Kier alpha value is -2.29. The molecular weight excluding hydrogens is 317 g/mol. The highest BCUT2D eigenvalue weighted by Gasteiger charge is 2.31. The summed E-state index contributed by atoms with van der Waals surface area (Å²) in [5.74, 6) is -0.829. The average Bonchev–Trinajstić information content (AvgIpc) is 2.42. The van der Waals surface area contributed by atoms with Crippen LogP contribution in [0.25, 0.3) is 0 Å². The highest BCUT2D eigenvalue weighted by atomic mass is 19.4. The summed E-state index contributed by atoms with van der Waals surface area (Å²) in [6.45, 7) is 0.673. The number of benzene rings is 1. The maximum atomic E-state index is 12.0. The summed E-state index contributed by atoms with van der Waals surface area (Å²) in [6.07, 6.45) is -4.77. The number of ether oxygens (including phenoxy) is 2. The lowest BCUT2D eigenvalue weighted by atomic mass is 10.1. The predicted molar refractivity (Wildman–Crippen MR) is 73.2 cm³/mol. The van der Waals surface area contributed by atoms with Crippen LogP contribution in [0.4, 0.5) is 18.0 Å². The molecule has 6 nitrogen and oxygen atoms in total. The number of likely N-dealkylation sites (tertiary alicyclic amines) is 1. The second-order valence-electron chi connectivity index (χ2n) is 4.92. The van der Waals surface area contributed by atoms with Gasteiger partial charge in [-0.15, -0.1) is 13.2 Å². The van der Waals surface area contributed by atoms with E-state index in [1.54, 1.807) is 7.11 Å². The van der Waals surface area contributed by atoms with E-state index < -0.39 is 17.9 Å². The number of ketones is 1. The van der Waals surface area contributed by atoms with Gasteiger partial charge in [-0.05, 0) is 24.3 Å². The van der Waals surface area contributed by atoms with E-state index in [1.807, 2.05) is 0 Å². The van der Waals surface area contributed by atoms with Crippen LogP contribution >= 0.6 is 0 Å². The standard InChI is InChI=1S/C14H15F3N2O4/c1-22-11-7-19(8-11)13(21)18-6-12(20)9-2-4-10(5-3-9)23-14(15,16)17/h2-5,11H,6-8H2,1H3,(H,18,21). The Morgan fingerprint density at radius 3 is 2.39 bits per heavy atom. The summed E-state index contributed by atoms with van der Waals surface area (Å²) in [6, 6.07) is 4.12. The van der Waals surface area contributed by atoms with Crippen molar-refractivity contribution in [1.82, 2.24) is 10.2 Å². The lowest BCUT2D eigenvalue weighted by Gasteiger charge is -2.37. The first-order chi connectivity index (χ1) is 10.8. The van der Waals surface area contributed by atoms with E-state index in [-0.39, 0.29) is 24.2 Å². The van der Waals surface area contributed by atoms with Gasteiger partial charge in [0.05, 0.1) is 25.7 Å². The summed E-state index contributed by atoms with van der Waals surface area (Å²) >= 11 is 0. The molecule has 0 bridgehead atoms. The molecule has 1 saturated heterocycles. The Morgan fingerprint density at radius 1 is 1.26 bits per heavy atom. The van der Waals surface area contributed by atoms with Crippen LogP contribution < -0.4 is 10.1 Å². The van der Waals surface area contributed by atoms with Gasteiger partial charge in [-0.1, -0.05) is 0 Å². The van der Waals surface area contributed by atoms with E-state index >= 15 is 0 Å². The lowest BCUT2D eigenvalue weighted by Crippen LogP contribution is -2.57. The first-order valence-corrected chi connectivity index (χ1v) is 6.73. The van der Waals surface area contributed by atoms with E-state index in [9.17, 15) is 22.8 Å². The van der Waals surface area contributed by atoms with Gasteiger partial charge in [0.2, 0.25) is 0 Å². The molecule has 0 radical (unpaired) electrons. The van der Waals surface area contributed by atoms with Crippen LogP contribution in [0.5, 0.6) is 5.75 Å². The third kappa shape index (κ3) is 4.85. The van der Waals surface area contributed by atoms with Gasteiger partial charge in [-0.2, -0.15) is 0 Å². The van der Waals surface area contributed by atoms with Crippen molar-refractivity contribution < 1.29 is 32.2 Å². The van der Waals surface area contributed by atoms with Crippen LogP contribution in [0.15, 0.2) is 24.3 Å². The first-order valence-electron chi connectivity index (χ1n) is 6.73. The number of Topliss-reactive ketones (excluding diaryl/α,β-unsaturated/α-hetero) is 1. The molecule has 1 aromatic carbocycles. The van der Waals surface area contributed by atoms with E-state index in [0.717, 1.165) is 12.1 Å². The number of amides is 2. The number of nitrogens with one attached hydrogen (secondary N) is 1. The molecule has 0 aromatic heterocycles. The van der Waals surface area contributed by atoms with Gasteiger partial charge in [0.1, 0.15) is 5.75 Å². The fourth-order valence-electron chi connectivity index (χ4n) is 1.97. The SMILES string of the molecule is COC1CN(C(=O)NCC(=O)c2ccc(OC(F)(F)F)cc2)C1. The average molecular weight is 332 g/mol. The van der Waals surface area contributed by atoms with Gasteiger partial charge in [0.15, 0.2) is 5.78 Å². The number of carbonyl (C=O) groups excluding carboxylic acids is 2. The molecule has 9 heteroatoms. The van der Waals surface area contributed by atoms with Crippen molar-refractivity contribution >= 4 is 11.8 Å². The minimum absolute atomic E-state index is 0.0117. The van der Waals surface area contributed by atoms with Crippen molar-refractivity contribution in [3.8, 4) is 5.75 Å². The summed E-state index contributed by atoms with van der Waals surface area (Å²) in [7, 11) is 1.55. The highest BCUT2D eigenvalue weighted by molar-refractivity contribution is 5.99. The van der Waals surface area contributed by atoms with Crippen molar-refractivity contribution in [2.45, 2.75) is 12.5 Å². The van der Waals surface area contributed by atoms with Gasteiger partial charge in [-0.25, -0.2) is 4.79 Å². The number of hydrogen-bond acceptors (Lipinski definition) is 4. The second-order valence-corrected chi connectivity index (χ2v) is 4.92. The quantitative estimate of drug-likeness (QED) is 0.835. The van der Waals surface area contributed by atoms with Gasteiger partial charge in [-0.3, -0.25) is 4.79 Å². The molecule has 0 aliphatic carbocycles. The van der Waals surface area contributed by atoms with Crippen LogP contribution in [0.3, 0.4) is 0 Å². The van der Waals surface area contributed by atoms with Crippen LogP contribution in [-0.4, -0.2) is 55.9 Å². The third-order valence-electron chi connectivity index (χ3n) is 3.28. The number of carbonyl (C=O) groups is 2. The van der Waals surface area contributed by atoms with Gasteiger partial charge >= 0.3 is 12.4 Å². The monoisotopic (exact) mass is 332 g/mol. The zero-order valence-corrected chi connectivity index (χ0v) is 12.2. The smallest absolute Gasteiger partial charge is 0.406 e. The number of alkyl halides is 3. The third-order valence-corrected chi connectivity index (χ3v) is 3.28. The van der Waals surface area contributed by atoms with Crippen molar-refractivity contribution in [2.75, 3.05) is 26.7 Å². The zero-order chi connectivity index (χ0) is 17.0. The molecule has 1 aromatic rings. The molecule has 1 aliphatic rings. The molecule has 0 saturated carbocycles. The maximum Gasteiger partial charge on any atom is 0.573 e. The minimum Gasteiger partial charge on any atom is -0.406 e. The molecule has 1 aliphatic heterocycles. The topological polar surface area (TPSA) is 67.9 Å². The predicted octanol–water partition coefficient (Wildman–Crippen LogP) is 1.81. The van der Waals surface area contributed by atoms with Crippen LogP contribution in [-0.2, 0) is 4.74 Å². The molecule has 0 spiro atoms. The molecule has 1 N–H and O–H groups in total. The van der Waals surface area contributed by atoms with Crippen LogP contribution in [0, 0.1) is 0 Å². The van der Waals surface area contributed by atoms with Crippen molar-refractivity contribution in [3.63, 3.8) is 0 Å². The fraction of sp³-hybridized carbons (Fsp3) is 0.429. The molecule has 1 heterocycles. The molecule has 0 unspecified atom stereocenters. The number of halogens is 3. The molecule has 1 fully saturated rings. The number of urea groups is 1. The van der Waals surface area contributed by atoms with Gasteiger partial charge < -0.3 is 19.7 Å². The summed E-state index contributed by atoms with van der Waals surface area (Å²) in [5, 5.41) is 2.45. The molecule has 0 atom stereocenters. The lowest BCUT2D eigenvalue weighted by molar-refractivity contribution is -0.274. The van der Waals surface area contributed by atoms with Crippen LogP contribution in [0.1, 0.15) is 10.4 Å². The molecule has 2 amide bonds. The Balaban J connectivity index is 1.80. The zero-order valence-electron chi connectivity index (χ0n) is 12.2. The maximum absolute atomic E-state index is 12.0. The fourth-order valence-corrected chi connectivity index (χ4v) is 1.97. The largest absolute Gasteiger partial charge is 0.573 e. The summed E-state index contributed by atoms with van der Waals surface area (Å²) in [4.78, 5) is 25.1. The van der Waals surface area contributed by atoms with Crippen molar-refractivity contribution in [2.24, 2.45) is 0 Å². The Kier molecular flexibility index (Phi) is 5.09. The van der Waals surface area contributed by atoms with E-state index in [2.05, 4.69) is 10.1 Å². The van der Waals surface area contributed by atoms with Crippen LogP contribution in [0.2, 0.25) is 0 Å². The Labute approximate surface area is 130 Å². The van der Waals surface area contributed by atoms with Gasteiger partial charge in [0.25, 0.3) is 0 Å².